The molecule has 0 aliphatic heterocycles. The Bertz CT molecular complexity index is 745. The number of hydrogen-bond donors (Lipinski definition) is 2. The summed E-state index contributed by atoms with van der Waals surface area (Å²) >= 11 is 0. The third-order valence-corrected chi connectivity index (χ3v) is 5.62. The summed E-state index contributed by atoms with van der Waals surface area (Å²) in [7, 11) is -3.56. The summed E-state index contributed by atoms with van der Waals surface area (Å²) in [6, 6.07) is 16.3. The van der Waals surface area contributed by atoms with Crippen molar-refractivity contribution in [3.05, 3.63) is 60.2 Å². The van der Waals surface area contributed by atoms with Crippen LogP contribution in [-0.4, -0.2) is 33.3 Å². The van der Waals surface area contributed by atoms with Crippen molar-refractivity contribution in [2.24, 2.45) is 0 Å². The number of ether oxygens (including phenoxy) is 1. The zero-order valence-electron chi connectivity index (χ0n) is 15.1. The van der Waals surface area contributed by atoms with E-state index in [-0.39, 0.29) is 17.4 Å². The highest BCUT2D eigenvalue weighted by atomic mass is 32.2. The van der Waals surface area contributed by atoms with E-state index in [9.17, 15) is 13.5 Å². The minimum atomic E-state index is -3.56. The number of benzene rings is 2. The summed E-state index contributed by atoms with van der Waals surface area (Å²) in [6.07, 6.45) is 2.13. The molecule has 142 valence electrons. The lowest BCUT2D eigenvalue weighted by molar-refractivity contribution is 0.273. The zero-order chi connectivity index (χ0) is 18.8. The van der Waals surface area contributed by atoms with Gasteiger partial charge in [0.1, 0.15) is 5.75 Å². The van der Waals surface area contributed by atoms with E-state index in [1.807, 2.05) is 37.3 Å². The van der Waals surface area contributed by atoms with Gasteiger partial charge in [0.15, 0.2) is 0 Å². The van der Waals surface area contributed by atoms with E-state index in [1.165, 1.54) is 0 Å². The molecule has 1 atom stereocenters. The van der Waals surface area contributed by atoms with Crippen molar-refractivity contribution in [2.75, 3.05) is 19.8 Å². The van der Waals surface area contributed by atoms with Crippen molar-refractivity contribution < 1.29 is 18.3 Å². The van der Waals surface area contributed by atoms with Crippen LogP contribution in [-0.2, 0) is 10.0 Å². The maximum atomic E-state index is 12.4. The van der Waals surface area contributed by atoms with Crippen molar-refractivity contribution in [1.82, 2.24) is 4.72 Å². The van der Waals surface area contributed by atoms with Crippen molar-refractivity contribution in [3.63, 3.8) is 0 Å². The number of hydrogen-bond acceptors (Lipinski definition) is 4. The van der Waals surface area contributed by atoms with E-state index in [0.717, 1.165) is 12.0 Å². The molecule has 2 aromatic carbocycles. The van der Waals surface area contributed by atoms with Crippen LogP contribution in [0.25, 0.3) is 0 Å². The van der Waals surface area contributed by atoms with Gasteiger partial charge in [-0.2, -0.15) is 0 Å². The van der Waals surface area contributed by atoms with E-state index in [4.69, 9.17) is 4.74 Å². The molecule has 0 fully saturated rings. The first-order chi connectivity index (χ1) is 12.6. The first-order valence-electron chi connectivity index (χ1n) is 8.95. The van der Waals surface area contributed by atoms with Crippen LogP contribution in [0.3, 0.4) is 0 Å². The minimum Gasteiger partial charge on any atom is -0.494 e. The summed E-state index contributed by atoms with van der Waals surface area (Å²) in [4.78, 5) is 0.222. The van der Waals surface area contributed by atoms with Gasteiger partial charge in [-0.1, -0.05) is 37.3 Å². The monoisotopic (exact) mass is 377 g/mol. The molecule has 2 rings (SSSR count). The Morgan fingerprint density at radius 3 is 2.35 bits per heavy atom. The second-order valence-electron chi connectivity index (χ2n) is 6.13. The number of nitrogens with one attached hydrogen (secondary N) is 1. The Kier molecular flexibility index (Phi) is 8.09. The Hall–Kier alpha value is -1.89. The van der Waals surface area contributed by atoms with Gasteiger partial charge in [-0.3, -0.25) is 0 Å². The van der Waals surface area contributed by atoms with E-state index in [0.29, 0.717) is 31.7 Å². The Morgan fingerprint density at radius 2 is 1.73 bits per heavy atom. The average molecular weight is 378 g/mol. The van der Waals surface area contributed by atoms with E-state index >= 15 is 0 Å². The van der Waals surface area contributed by atoms with Crippen LogP contribution in [0.2, 0.25) is 0 Å². The number of rotatable bonds is 11. The molecule has 2 N–H and O–H groups in total. The molecule has 6 heteroatoms. The first kappa shape index (κ1) is 20.4. The molecule has 1 unspecified atom stereocenters. The van der Waals surface area contributed by atoms with Crippen LogP contribution in [0.15, 0.2) is 59.5 Å². The van der Waals surface area contributed by atoms with Gasteiger partial charge in [-0.25, -0.2) is 13.1 Å². The van der Waals surface area contributed by atoms with Gasteiger partial charge in [-0.15, -0.1) is 0 Å². The third-order valence-electron chi connectivity index (χ3n) is 4.14. The van der Waals surface area contributed by atoms with Crippen LogP contribution in [0.4, 0.5) is 0 Å². The quantitative estimate of drug-likeness (QED) is 0.630. The zero-order valence-corrected chi connectivity index (χ0v) is 15.9. The van der Waals surface area contributed by atoms with Gasteiger partial charge in [0.05, 0.1) is 11.5 Å². The third kappa shape index (κ3) is 6.12. The highest BCUT2D eigenvalue weighted by Gasteiger charge is 2.16. The van der Waals surface area contributed by atoms with E-state index < -0.39 is 10.0 Å². The van der Waals surface area contributed by atoms with Crippen LogP contribution in [0.5, 0.6) is 5.75 Å². The summed E-state index contributed by atoms with van der Waals surface area (Å²) in [6.45, 7) is 3.01. The Balaban J connectivity index is 1.94. The van der Waals surface area contributed by atoms with Gasteiger partial charge in [0.2, 0.25) is 10.0 Å². The molecule has 0 saturated carbocycles. The molecule has 26 heavy (non-hydrogen) atoms. The van der Waals surface area contributed by atoms with Crippen LogP contribution >= 0.6 is 0 Å². The maximum absolute atomic E-state index is 12.4. The number of aliphatic hydroxyl groups excluding tert-OH is 1. The lowest BCUT2D eigenvalue weighted by Crippen LogP contribution is -2.26. The fourth-order valence-electron chi connectivity index (χ4n) is 2.74. The lowest BCUT2D eigenvalue weighted by Gasteiger charge is -2.16. The van der Waals surface area contributed by atoms with Crippen LogP contribution in [0.1, 0.15) is 37.7 Å². The lowest BCUT2D eigenvalue weighted by atomic mass is 9.93. The molecule has 0 spiro atoms. The predicted molar refractivity (Wildman–Crippen MR) is 103 cm³/mol. The highest BCUT2D eigenvalue weighted by molar-refractivity contribution is 7.89. The number of sulfonamides is 1. The second-order valence-corrected chi connectivity index (χ2v) is 7.89. The summed E-state index contributed by atoms with van der Waals surface area (Å²) in [5.41, 5.74) is 1.11. The van der Waals surface area contributed by atoms with Crippen LogP contribution in [0, 0.1) is 0 Å². The minimum absolute atomic E-state index is 0.0749. The first-order valence-corrected chi connectivity index (χ1v) is 10.4. The standard InChI is InChI=1S/C20H27NO4S/c1-2-16-25-19-8-10-20(11-9-19)26(23,24)21-14-12-18(13-15-22)17-6-4-3-5-7-17/h3-11,18,21-22H,2,12-16H2,1H3. The topological polar surface area (TPSA) is 75.6 Å². The fraction of sp³-hybridized carbons (Fsp3) is 0.400. The molecule has 5 nitrogen and oxygen atoms in total. The van der Waals surface area contributed by atoms with Gasteiger partial charge in [0, 0.05) is 13.2 Å². The summed E-state index contributed by atoms with van der Waals surface area (Å²) in [5.74, 6) is 0.784. The van der Waals surface area contributed by atoms with Gasteiger partial charge < -0.3 is 9.84 Å². The largest absolute Gasteiger partial charge is 0.494 e. The van der Waals surface area contributed by atoms with Gasteiger partial charge >= 0.3 is 0 Å². The fourth-order valence-corrected chi connectivity index (χ4v) is 3.79. The van der Waals surface area contributed by atoms with Gasteiger partial charge in [0.25, 0.3) is 0 Å². The molecule has 0 aliphatic rings. The van der Waals surface area contributed by atoms with E-state index in [2.05, 4.69) is 4.72 Å². The molecular weight excluding hydrogens is 350 g/mol. The number of aliphatic hydroxyl groups is 1. The van der Waals surface area contributed by atoms with Crippen molar-refractivity contribution >= 4 is 10.0 Å². The molecule has 0 saturated heterocycles. The highest BCUT2D eigenvalue weighted by Crippen LogP contribution is 2.23. The SMILES string of the molecule is CCCOc1ccc(S(=O)(=O)NCCC(CCO)c2ccccc2)cc1. The molecule has 2 aromatic rings. The normalized spacial score (nSPS) is 12.7. The summed E-state index contributed by atoms with van der Waals surface area (Å²) < 4.78 is 33.0. The molecule has 0 aromatic heterocycles. The molecule has 0 heterocycles. The Labute approximate surface area is 156 Å². The van der Waals surface area contributed by atoms with Crippen molar-refractivity contribution in [3.8, 4) is 5.75 Å². The van der Waals surface area contributed by atoms with E-state index in [1.54, 1.807) is 24.3 Å². The second kappa shape index (κ2) is 10.3. The average Bonchev–Trinajstić information content (AvgIpc) is 2.66. The molecule has 0 aliphatic carbocycles. The molecule has 0 radical (unpaired) electrons. The maximum Gasteiger partial charge on any atom is 0.240 e. The smallest absolute Gasteiger partial charge is 0.240 e. The van der Waals surface area contributed by atoms with Gasteiger partial charge in [-0.05, 0) is 55.0 Å². The summed E-state index contributed by atoms with van der Waals surface area (Å²) in [5, 5.41) is 9.27. The molecule has 0 bridgehead atoms. The van der Waals surface area contributed by atoms with Crippen LogP contribution < -0.4 is 9.46 Å². The predicted octanol–water partition coefficient (Wildman–Crippen LogP) is 3.31. The molecule has 0 amide bonds. The Morgan fingerprint density at radius 1 is 1.04 bits per heavy atom. The van der Waals surface area contributed by atoms with Crippen molar-refractivity contribution in [1.29, 1.82) is 0 Å². The molecular formula is C20H27NO4S. The van der Waals surface area contributed by atoms with Crippen molar-refractivity contribution in [2.45, 2.75) is 37.0 Å².